The smallest absolute Gasteiger partial charge is 0.251 e. The van der Waals surface area contributed by atoms with Crippen LogP contribution in [-0.2, 0) is 0 Å². The molecule has 0 fully saturated rings. The lowest BCUT2D eigenvalue weighted by Gasteiger charge is -2.09. The Hall–Kier alpha value is -3.98. The summed E-state index contributed by atoms with van der Waals surface area (Å²) in [7, 11) is 0. The number of nitrogens with zero attached hydrogens (tertiary/aromatic N) is 2. The van der Waals surface area contributed by atoms with Crippen LogP contribution in [0.2, 0.25) is 0 Å². The second-order valence-electron chi connectivity index (χ2n) is 6.42. The van der Waals surface area contributed by atoms with Crippen molar-refractivity contribution in [3.05, 3.63) is 89.1 Å². The molecule has 0 aliphatic carbocycles. The van der Waals surface area contributed by atoms with Crippen LogP contribution in [0.1, 0.15) is 31.8 Å². The lowest BCUT2D eigenvalue weighted by molar-refractivity contribution is 0.0927. The highest BCUT2D eigenvalue weighted by molar-refractivity contribution is 5.96. The number of amides is 2. The van der Waals surface area contributed by atoms with E-state index in [9.17, 15) is 14.9 Å². The quantitative estimate of drug-likeness (QED) is 0.639. The zero-order valence-electron chi connectivity index (χ0n) is 16.0. The van der Waals surface area contributed by atoms with Crippen molar-refractivity contribution < 1.29 is 9.59 Å². The summed E-state index contributed by atoms with van der Waals surface area (Å²) >= 11 is 0. The van der Waals surface area contributed by atoms with Crippen LogP contribution in [0, 0.1) is 18.3 Å². The Morgan fingerprint density at radius 3 is 2.48 bits per heavy atom. The summed E-state index contributed by atoms with van der Waals surface area (Å²) in [5.74, 6) is -0.426. The zero-order valence-corrected chi connectivity index (χ0v) is 16.0. The Bertz CT molecular complexity index is 1090. The van der Waals surface area contributed by atoms with Crippen LogP contribution >= 0.6 is 0 Å². The van der Waals surface area contributed by atoms with E-state index in [0.29, 0.717) is 41.0 Å². The number of rotatable bonds is 6. The summed E-state index contributed by atoms with van der Waals surface area (Å²) in [5.41, 5.74) is 3.66. The van der Waals surface area contributed by atoms with Gasteiger partial charge in [0, 0.05) is 36.0 Å². The highest BCUT2D eigenvalue weighted by Crippen LogP contribution is 2.21. The third-order valence-electron chi connectivity index (χ3n) is 4.41. The lowest BCUT2D eigenvalue weighted by atomic mass is 10.0. The fraction of sp³-hybridized carbons (Fsp3) is 0.130. The molecule has 0 unspecified atom stereocenters. The maximum absolute atomic E-state index is 12.4. The summed E-state index contributed by atoms with van der Waals surface area (Å²) in [4.78, 5) is 28.9. The topological polar surface area (TPSA) is 94.9 Å². The molecule has 0 aliphatic heterocycles. The van der Waals surface area contributed by atoms with E-state index in [0.717, 1.165) is 5.56 Å². The van der Waals surface area contributed by atoms with Crippen molar-refractivity contribution in [3.63, 3.8) is 0 Å². The molecule has 144 valence electrons. The second kappa shape index (κ2) is 9.29. The fourth-order valence-electron chi connectivity index (χ4n) is 2.91. The normalized spacial score (nSPS) is 10.1. The Balaban J connectivity index is 1.58. The van der Waals surface area contributed by atoms with E-state index in [1.54, 1.807) is 42.6 Å². The van der Waals surface area contributed by atoms with Gasteiger partial charge >= 0.3 is 0 Å². The minimum Gasteiger partial charge on any atom is -0.350 e. The zero-order chi connectivity index (χ0) is 20.6. The van der Waals surface area contributed by atoms with Gasteiger partial charge in [0.15, 0.2) is 0 Å². The van der Waals surface area contributed by atoms with Crippen molar-refractivity contribution in [1.29, 1.82) is 5.26 Å². The number of nitriles is 1. The Morgan fingerprint density at radius 2 is 1.72 bits per heavy atom. The molecule has 0 aliphatic rings. The highest BCUT2D eigenvalue weighted by Gasteiger charge is 2.11. The first-order valence-corrected chi connectivity index (χ1v) is 9.17. The molecule has 2 aromatic carbocycles. The van der Waals surface area contributed by atoms with Gasteiger partial charge in [-0.15, -0.1) is 0 Å². The van der Waals surface area contributed by atoms with Gasteiger partial charge in [-0.2, -0.15) is 5.26 Å². The molecule has 0 saturated carbocycles. The Labute approximate surface area is 169 Å². The van der Waals surface area contributed by atoms with E-state index in [4.69, 9.17) is 0 Å². The standard InChI is InChI=1S/C23H20N4O2/c1-16-6-2-3-10-20(16)23(29)27-13-12-26-22(28)18-8-4-7-17(14-18)21-19(15-24)9-5-11-25-21/h2-11,14H,12-13H2,1H3,(H,26,28)(H,27,29). The van der Waals surface area contributed by atoms with Crippen molar-refractivity contribution in [2.75, 3.05) is 13.1 Å². The molecule has 29 heavy (non-hydrogen) atoms. The number of benzene rings is 2. The predicted octanol–water partition coefficient (Wildman–Crippen LogP) is 3.09. The number of carbonyl (C=O) groups is 2. The van der Waals surface area contributed by atoms with Crippen molar-refractivity contribution in [1.82, 2.24) is 15.6 Å². The average Bonchev–Trinajstić information content (AvgIpc) is 2.76. The molecular weight excluding hydrogens is 364 g/mol. The SMILES string of the molecule is Cc1ccccc1C(=O)NCCNC(=O)c1cccc(-c2ncccc2C#N)c1. The van der Waals surface area contributed by atoms with Gasteiger partial charge in [-0.05, 0) is 42.8 Å². The molecule has 2 N–H and O–H groups in total. The van der Waals surface area contributed by atoms with Gasteiger partial charge in [-0.25, -0.2) is 0 Å². The molecule has 3 rings (SSSR count). The molecule has 0 atom stereocenters. The lowest BCUT2D eigenvalue weighted by Crippen LogP contribution is -2.34. The van der Waals surface area contributed by atoms with E-state index in [1.807, 2.05) is 31.2 Å². The van der Waals surface area contributed by atoms with Gasteiger partial charge < -0.3 is 10.6 Å². The van der Waals surface area contributed by atoms with Gasteiger partial charge in [0.25, 0.3) is 11.8 Å². The molecule has 6 nitrogen and oxygen atoms in total. The Kier molecular flexibility index (Phi) is 6.33. The van der Waals surface area contributed by atoms with Gasteiger partial charge in [0.05, 0.1) is 11.3 Å². The first-order chi connectivity index (χ1) is 14.1. The molecule has 6 heteroatoms. The minimum atomic E-state index is -0.258. The minimum absolute atomic E-state index is 0.168. The first-order valence-electron chi connectivity index (χ1n) is 9.17. The van der Waals surface area contributed by atoms with E-state index in [1.165, 1.54) is 0 Å². The molecule has 0 spiro atoms. The number of hydrogen-bond donors (Lipinski definition) is 2. The fourth-order valence-corrected chi connectivity index (χ4v) is 2.91. The van der Waals surface area contributed by atoms with Crippen molar-refractivity contribution in [3.8, 4) is 17.3 Å². The first kappa shape index (κ1) is 19.8. The van der Waals surface area contributed by atoms with Crippen molar-refractivity contribution >= 4 is 11.8 Å². The van der Waals surface area contributed by atoms with Crippen molar-refractivity contribution in [2.45, 2.75) is 6.92 Å². The van der Waals surface area contributed by atoms with Gasteiger partial charge in [0.1, 0.15) is 6.07 Å². The number of aryl methyl sites for hydroxylation is 1. The maximum atomic E-state index is 12.4. The van der Waals surface area contributed by atoms with Crippen LogP contribution in [0.15, 0.2) is 66.9 Å². The molecule has 0 radical (unpaired) electrons. The average molecular weight is 384 g/mol. The van der Waals surface area contributed by atoms with Crippen LogP contribution in [0.4, 0.5) is 0 Å². The third kappa shape index (κ3) is 4.85. The molecule has 1 heterocycles. The van der Waals surface area contributed by atoms with Gasteiger partial charge in [0.2, 0.25) is 0 Å². The number of carbonyl (C=O) groups excluding carboxylic acids is 2. The monoisotopic (exact) mass is 384 g/mol. The summed E-state index contributed by atoms with van der Waals surface area (Å²) in [6.45, 7) is 2.49. The molecule has 0 saturated heterocycles. The van der Waals surface area contributed by atoms with Crippen molar-refractivity contribution in [2.24, 2.45) is 0 Å². The van der Waals surface area contributed by atoms with Crippen LogP contribution in [0.5, 0.6) is 0 Å². The van der Waals surface area contributed by atoms with Crippen LogP contribution < -0.4 is 10.6 Å². The second-order valence-corrected chi connectivity index (χ2v) is 6.42. The van der Waals surface area contributed by atoms with Gasteiger partial charge in [-0.3, -0.25) is 14.6 Å². The van der Waals surface area contributed by atoms with E-state index < -0.39 is 0 Å². The molecular formula is C23H20N4O2. The van der Waals surface area contributed by atoms with Crippen LogP contribution in [0.25, 0.3) is 11.3 Å². The largest absolute Gasteiger partial charge is 0.350 e. The highest BCUT2D eigenvalue weighted by atomic mass is 16.2. The number of nitrogens with one attached hydrogen (secondary N) is 2. The predicted molar refractivity (Wildman–Crippen MR) is 110 cm³/mol. The van der Waals surface area contributed by atoms with Gasteiger partial charge in [-0.1, -0.05) is 30.3 Å². The summed E-state index contributed by atoms with van der Waals surface area (Å²) in [5, 5.41) is 14.8. The van der Waals surface area contributed by atoms with E-state index in [-0.39, 0.29) is 11.8 Å². The van der Waals surface area contributed by atoms with Crippen LogP contribution in [0.3, 0.4) is 0 Å². The molecule has 1 aromatic heterocycles. The number of aromatic nitrogens is 1. The van der Waals surface area contributed by atoms with E-state index in [2.05, 4.69) is 21.7 Å². The summed E-state index contributed by atoms with van der Waals surface area (Å²) in [6.07, 6.45) is 1.61. The van der Waals surface area contributed by atoms with E-state index >= 15 is 0 Å². The summed E-state index contributed by atoms with van der Waals surface area (Å²) < 4.78 is 0. The summed E-state index contributed by atoms with van der Waals surface area (Å²) in [6, 6.07) is 19.8. The molecule has 3 aromatic rings. The molecule has 0 bridgehead atoms. The third-order valence-corrected chi connectivity index (χ3v) is 4.41. The Morgan fingerprint density at radius 1 is 0.966 bits per heavy atom. The number of pyridine rings is 1. The van der Waals surface area contributed by atoms with Crippen LogP contribution in [-0.4, -0.2) is 29.9 Å². The molecule has 2 amide bonds. The number of hydrogen-bond acceptors (Lipinski definition) is 4. The maximum Gasteiger partial charge on any atom is 0.251 e.